The Balaban J connectivity index is 0.00000450. The van der Waals surface area contributed by atoms with Gasteiger partial charge in [0.25, 0.3) is 5.91 Å². The Labute approximate surface area is 196 Å². The van der Waals surface area contributed by atoms with Crippen LogP contribution in [-0.4, -0.2) is 38.6 Å². The number of carbonyl (C=O) groups excluding carboxylic acids is 1. The van der Waals surface area contributed by atoms with Crippen LogP contribution in [0.5, 0.6) is 0 Å². The molecule has 1 unspecified atom stereocenters. The van der Waals surface area contributed by atoms with E-state index in [0.29, 0.717) is 25.3 Å². The van der Waals surface area contributed by atoms with Crippen molar-refractivity contribution >= 4 is 35.8 Å². The zero-order valence-electron chi connectivity index (χ0n) is 18.0. The fraction of sp³-hybridized carbons (Fsp3) is 0.391. The van der Waals surface area contributed by atoms with Gasteiger partial charge in [-0.15, -0.1) is 24.0 Å². The standard InChI is InChI=1S/C23H32N4O2.HI/c1-4-25-22(28)21-13-8-10-19(16-21)17-27-23(24-3)26-14-9-15-29-18(2)20-11-6-5-7-12-20;/h5-8,10-13,16,18H,4,9,14-15,17H2,1-3H3,(H,25,28)(H2,24,26,27);1H. The fourth-order valence-corrected chi connectivity index (χ4v) is 2.85. The number of ether oxygens (including phenoxy) is 1. The summed E-state index contributed by atoms with van der Waals surface area (Å²) in [6.45, 7) is 6.62. The number of hydrogen-bond acceptors (Lipinski definition) is 3. The van der Waals surface area contributed by atoms with Gasteiger partial charge in [0.05, 0.1) is 6.10 Å². The molecule has 0 saturated heterocycles. The van der Waals surface area contributed by atoms with E-state index < -0.39 is 0 Å². The minimum atomic E-state index is -0.0541. The molecule has 0 radical (unpaired) electrons. The minimum Gasteiger partial charge on any atom is -0.374 e. The van der Waals surface area contributed by atoms with Crippen molar-refractivity contribution in [3.05, 3.63) is 71.3 Å². The van der Waals surface area contributed by atoms with Crippen LogP contribution in [0.2, 0.25) is 0 Å². The molecule has 0 spiro atoms. The highest BCUT2D eigenvalue weighted by molar-refractivity contribution is 14.0. The van der Waals surface area contributed by atoms with Crippen LogP contribution in [0.3, 0.4) is 0 Å². The molecule has 0 saturated carbocycles. The van der Waals surface area contributed by atoms with Gasteiger partial charge in [-0.05, 0) is 43.5 Å². The van der Waals surface area contributed by atoms with Crippen molar-refractivity contribution in [1.82, 2.24) is 16.0 Å². The summed E-state index contributed by atoms with van der Waals surface area (Å²) in [6, 6.07) is 17.8. The maximum absolute atomic E-state index is 12.0. The van der Waals surface area contributed by atoms with Gasteiger partial charge in [-0.25, -0.2) is 0 Å². The van der Waals surface area contributed by atoms with Crippen LogP contribution in [0.1, 0.15) is 47.9 Å². The number of nitrogens with one attached hydrogen (secondary N) is 3. The average Bonchev–Trinajstić information content (AvgIpc) is 2.76. The molecule has 164 valence electrons. The van der Waals surface area contributed by atoms with Crippen LogP contribution in [-0.2, 0) is 11.3 Å². The molecule has 1 atom stereocenters. The van der Waals surface area contributed by atoms with E-state index in [4.69, 9.17) is 4.74 Å². The molecule has 0 bridgehead atoms. The number of nitrogens with zero attached hydrogens (tertiary/aromatic N) is 1. The first kappa shape index (κ1) is 25.9. The molecule has 0 fully saturated rings. The first-order valence-corrected chi connectivity index (χ1v) is 10.1. The highest BCUT2D eigenvalue weighted by Crippen LogP contribution is 2.15. The number of guanidine groups is 1. The second-order valence-corrected chi connectivity index (χ2v) is 6.69. The van der Waals surface area contributed by atoms with Gasteiger partial charge in [-0.1, -0.05) is 42.5 Å². The Hall–Kier alpha value is -2.13. The third-order valence-corrected chi connectivity index (χ3v) is 4.46. The zero-order valence-corrected chi connectivity index (χ0v) is 20.3. The third kappa shape index (κ3) is 9.13. The van der Waals surface area contributed by atoms with Crippen LogP contribution in [0.25, 0.3) is 0 Å². The van der Waals surface area contributed by atoms with Crippen LogP contribution in [0, 0.1) is 0 Å². The normalized spacial score (nSPS) is 11.9. The van der Waals surface area contributed by atoms with Crippen molar-refractivity contribution in [3.8, 4) is 0 Å². The Kier molecular flexibility index (Phi) is 12.8. The maximum Gasteiger partial charge on any atom is 0.251 e. The van der Waals surface area contributed by atoms with Crippen LogP contribution < -0.4 is 16.0 Å². The van der Waals surface area contributed by atoms with Gasteiger partial charge in [0, 0.05) is 38.9 Å². The van der Waals surface area contributed by atoms with Gasteiger partial charge in [0.15, 0.2) is 5.96 Å². The number of halogens is 1. The second kappa shape index (κ2) is 14.8. The van der Waals surface area contributed by atoms with E-state index in [1.165, 1.54) is 5.56 Å². The summed E-state index contributed by atoms with van der Waals surface area (Å²) in [6.07, 6.45) is 0.968. The molecule has 2 rings (SSSR count). The van der Waals surface area contributed by atoms with Gasteiger partial charge in [0.1, 0.15) is 0 Å². The van der Waals surface area contributed by atoms with E-state index >= 15 is 0 Å². The van der Waals surface area contributed by atoms with Crippen molar-refractivity contribution in [3.63, 3.8) is 0 Å². The van der Waals surface area contributed by atoms with Crippen LogP contribution in [0.4, 0.5) is 0 Å². The van der Waals surface area contributed by atoms with Gasteiger partial charge in [-0.3, -0.25) is 9.79 Å². The second-order valence-electron chi connectivity index (χ2n) is 6.69. The smallest absolute Gasteiger partial charge is 0.251 e. The minimum absolute atomic E-state index is 0. The maximum atomic E-state index is 12.0. The summed E-state index contributed by atoms with van der Waals surface area (Å²) in [4.78, 5) is 16.2. The van der Waals surface area contributed by atoms with E-state index in [0.717, 1.165) is 24.5 Å². The number of aliphatic imine (C=N–C) groups is 1. The van der Waals surface area contributed by atoms with E-state index in [2.05, 4.69) is 40.0 Å². The molecule has 0 aliphatic heterocycles. The molecule has 3 N–H and O–H groups in total. The number of benzene rings is 2. The Morgan fingerprint density at radius 3 is 2.53 bits per heavy atom. The quantitative estimate of drug-likeness (QED) is 0.191. The number of hydrogen-bond donors (Lipinski definition) is 3. The van der Waals surface area contributed by atoms with E-state index in [9.17, 15) is 4.79 Å². The topological polar surface area (TPSA) is 74.8 Å². The molecular formula is C23H33IN4O2. The van der Waals surface area contributed by atoms with Gasteiger partial charge >= 0.3 is 0 Å². The summed E-state index contributed by atoms with van der Waals surface area (Å²) >= 11 is 0. The van der Waals surface area contributed by atoms with Crippen LogP contribution in [0.15, 0.2) is 59.6 Å². The van der Waals surface area contributed by atoms with Crippen molar-refractivity contribution < 1.29 is 9.53 Å². The largest absolute Gasteiger partial charge is 0.374 e. The molecule has 0 aliphatic carbocycles. The van der Waals surface area contributed by atoms with Gasteiger partial charge in [0.2, 0.25) is 0 Å². The Morgan fingerprint density at radius 2 is 1.83 bits per heavy atom. The zero-order chi connectivity index (χ0) is 20.9. The summed E-state index contributed by atoms with van der Waals surface area (Å²) in [5.41, 5.74) is 2.88. The first-order chi connectivity index (χ1) is 14.1. The molecule has 0 heterocycles. The molecule has 0 aliphatic rings. The molecule has 1 amide bonds. The van der Waals surface area contributed by atoms with Crippen molar-refractivity contribution in [2.75, 3.05) is 26.7 Å². The highest BCUT2D eigenvalue weighted by atomic mass is 127. The fourth-order valence-electron chi connectivity index (χ4n) is 2.85. The number of rotatable bonds is 10. The third-order valence-electron chi connectivity index (χ3n) is 4.46. The number of amides is 1. The summed E-state index contributed by atoms with van der Waals surface area (Å²) in [5, 5.41) is 9.38. The van der Waals surface area contributed by atoms with E-state index in [-0.39, 0.29) is 36.0 Å². The van der Waals surface area contributed by atoms with Gasteiger partial charge in [-0.2, -0.15) is 0 Å². The highest BCUT2D eigenvalue weighted by Gasteiger charge is 2.06. The lowest BCUT2D eigenvalue weighted by Crippen LogP contribution is -2.37. The van der Waals surface area contributed by atoms with Crippen molar-refractivity contribution in [1.29, 1.82) is 0 Å². The van der Waals surface area contributed by atoms with E-state index in [1.807, 2.05) is 49.4 Å². The lowest BCUT2D eigenvalue weighted by molar-refractivity contribution is 0.0646. The molecule has 7 heteroatoms. The molecule has 6 nitrogen and oxygen atoms in total. The molecule has 0 aromatic heterocycles. The lowest BCUT2D eigenvalue weighted by Gasteiger charge is -2.15. The molecule has 2 aromatic rings. The molecular weight excluding hydrogens is 491 g/mol. The average molecular weight is 524 g/mol. The Bertz CT molecular complexity index is 784. The summed E-state index contributed by atoms with van der Waals surface area (Å²) in [7, 11) is 1.74. The van der Waals surface area contributed by atoms with Crippen molar-refractivity contribution in [2.45, 2.75) is 32.9 Å². The number of carbonyl (C=O) groups is 1. The predicted molar refractivity (Wildman–Crippen MR) is 133 cm³/mol. The lowest BCUT2D eigenvalue weighted by atomic mass is 10.1. The summed E-state index contributed by atoms with van der Waals surface area (Å²) in [5.74, 6) is 0.672. The monoisotopic (exact) mass is 524 g/mol. The van der Waals surface area contributed by atoms with Crippen molar-refractivity contribution in [2.24, 2.45) is 4.99 Å². The predicted octanol–water partition coefficient (Wildman–Crippen LogP) is 3.89. The van der Waals surface area contributed by atoms with Gasteiger partial charge < -0.3 is 20.7 Å². The van der Waals surface area contributed by atoms with Crippen LogP contribution >= 0.6 is 24.0 Å². The first-order valence-electron chi connectivity index (χ1n) is 10.1. The SMILES string of the molecule is CCNC(=O)c1cccc(CNC(=NC)NCCCOC(C)c2ccccc2)c1.I. The molecule has 2 aromatic carbocycles. The molecule has 30 heavy (non-hydrogen) atoms. The summed E-state index contributed by atoms with van der Waals surface area (Å²) < 4.78 is 5.89. The van der Waals surface area contributed by atoms with E-state index in [1.54, 1.807) is 7.05 Å². The Morgan fingerprint density at radius 1 is 1.07 bits per heavy atom.